The summed E-state index contributed by atoms with van der Waals surface area (Å²) in [7, 11) is 0. The Bertz CT molecular complexity index is 701. The van der Waals surface area contributed by atoms with Crippen molar-refractivity contribution in [2.24, 2.45) is 17.8 Å². The van der Waals surface area contributed by atoms with Crippen LogP contribution >= 0.6 is 0 Å². The number of hydrogen-bond donors (Lipinski definition) is 0. The largest absolute Gasteiger partial charge is 0.452 e. The number of hydrogen-bond acceptors (Lipinski definition) is 4. The second-order valence-electron chi connectivity index (χ2n) is 7.46. The summed E-state index contributed by atoms with van der Waals surface area (Å²) in [4.78, 5) is 26.5. The van der Waals surface area contributed by atoms with Crippen molar-refractivity contribution in [3.8, 4) is 6.07 Å². The summed E-state index contributed by atoms with van der Waals surface area (Å²) in [5.74, 6) is 1.50. The molecule has 4 rings (SSSR count). The fourth-order valence-corrected chi connectivity index (χ4v) is 3.90. The van der Waals surface area contributed by atoms with Crippen molar-refractivity contribution in [3.63, 3.8) is 0 Å². The van der Waals surface area contributed by atoms with Crippen molar-refractivity contribution in [2.45, 2.75) is 44.6 Å². The molecule has 0 N–H and O–H groups in total. The molecule has 2 saturated carbocycles. The second-order valence-corrected chi connectivity index (χ2v) is 7.46. The van der Waals surface area contributed by atoms with Gasteiger partial charge in [-0.3, -0.25) is 9.59 Å². The predicted molar refractivity (Wildman–Crippen MR) is 91.6 cm³/mol. The molecule has 3 aliphatic rings. The monoisotopic (exact) mass is 338 g/mol. The van der Waals surface area contributed by atoms with Gasteiger partial charge in [-0.15, -0.1) is 0 Å². The van der Waals surface area contributed by atoms with Gasteiger partial charge >= 0.3 is 5.97 Å². The Kier molecular flexibility index (Phi) is 4.20. The molecule has 1 saturated heterocycles. The van der Waals surface area contributed by atoms with Crippen LogP contribution in [0.15, 0.2) is 24.3 Å². The summed E-state index contributed by atoms with van der Waals surface area (Å²) in [6.45, 7) is 0.539. The molecule has 0 unspecified atom stereocenters. The first-order valence-electron chi connectivity index (χ1n) is 9.16. The highest BCUT2D eigenvalue weighted by atomic mass is 16.5. The van der Waals surface area contributed by atoms with Crippen LogP contribution in [-0.4, -0.2) is 24.5 Å². The molecule has 3 fully saturated rings. The number of anilines is 1. The molecule has 0 aromatic heterocycles. The van der Waals surface area contributed by atoms with E-state index >= 15 is 0 Å². The summed E-state index contributed by atoms with van der Waals surface area (Å²) >= 11 is 0. The zero-order valence-corrected chi connectivity index (χ0v) is 14.2. The standard InChI is InChI=1S/C20H22N2O3/c21-12-13-1-7-16(8-2-13)22-10-9-18(20(22)24)25-19(23)11-17(14-3-4-14)15-5-6-15/h1-2,7-8,14-15,17-18H,3-6,9-11H2/t18-/m1/s1. The molecule has 1 aromatic carbocycles. The summed E-state index contributed by atoms with van der Waals surface area (Å²) in [5.41, 5.74) is 1.31. The second kappa shape index (κ2) is 6.51. The normalized spacial score (nSPS) is 23.0. The van der Waals surface area contributed by atoms with E-state index in [1.54, 1.807) is 29.2 Å². The molecule has 1 aromatic rings. The number of carbonyl (C=O) groups excluding carboxylic acids is 2. The van der Waals surface area contributed by atoms with Crippen molar-refractivity contribution >= 4 is 17.6 Å². The molecule has 1 atom stereocenters. The summed E-state index contributed by atoms with van der Waals surface area (Å²) in [6, 6.07) is 8.97. The fraction of sp³-hybridized carbons (Fsp3) is 0.550. The zero-order valence-electron chi connectivity index (χ0n) is 14.2. The first kappa shape index (κ1) is 16.1. The van der Waals surface area contributed by atoms with Crippen LogP contribution in [0.3, 0.4) is 0 Å². The Hall–Kier alpha value is -2.35. The van der Waals surface area contributed by atoms with Gasteiger partial charge < -0.3 is 9.64 Å². The Morgan fingerprint density at radius 3 is 2.36 bits per heavy atom. The van der Waals surface area contributed by atoms with Crippen LogP contribution in [0.4, 0.5) is 5.69 Å². The Balaban J connectivity index is 1.34. The highest BCUT2D eigenvalue weighted by molar-refractivity contribution is 5.99. The van der Waals surface area contributed by atoms with Crippen LogP contribution in [0.5, 0.6) is 0 Å². The molecule has 5 nitrogen and oxygen atoms in total. The molecule has 0 radical (unpaired) electrons. The maximum absolute atomic E-state index is 12.6. The molecule has 130 valence electrons. The Morgan fingerprint density at radius 2 is 1.80 bits per heavy atom. The zero-order chi connectivity index (χ0) is 17.4. The lowest BCUT2D eigenvalue weighted by Crippen LogP contribution is -2.32. The quantitative estimate of drug-likeness (QED) is 0.748. The van der Waals surface area contributed by atoms with Crippen molar-refractivity contribution in [1.82, 2.24) is 0 Å². The Labute approximate surface area is 147 Å². The van der Waals surface area contributed by atoms with E-state index in [4.69, 9.17) is 10.00 Å². The SMILES string of the molecule is N#Cc1ccc(N2CC[C@@H](OC(=O)CC(C3CC3)C3CC3)C2=O)cc1. The van der Waals surface area contributed by atoms with Gasteiger partial charge in [0.15, 0.2) is 6.10 Å². The van der Waals surface area contributed by atoms with Gasteiger partial charge in [0.05, 0.1) is 11.6 Å². The average molecular weight is 338 g/mol. The third-order valence-electron chi connectivity index (χ3n) is 5.60. The van der Waals surface area contributed by atoms with Crippen LogP contribution < -0.4 is 4.90 Å². The number of amides is 1. The molecule has 1 heterocycles. The molecule has 1 aliphatic heterocycles. The van der Waals surface area contributed by atoms with E-state index in [-0.39, 0.29) is 11.9 Å². The summed E-state index contributed by atoms with van der Waals surface area (Å²) in [5, 5.41) is 8.86. The van der Waals surface area contributed by atoms with Crippen LogP contribution in [-0.2, 0) is 14.3 Å². The molecule has 25 heavy (non-hydrogen) atoms. The summed E-state index contributed by atoms with van der Waals surface area (Å²) in [6.07, 6.45) is 5.29. The lowest BCUT2D eigenvalue weighted by Gasteiger charge is -2.18. The van der Waals surface area contributed by atoms with Gasteiger partial charge in [-0.1, -0.05) is 0 Å². The summed E-state index contributed by atoms with van der Waals surface area (Å²) < 4.78 is 5.52. The number of ether oxygens (including phenoxy) is 1. The van der Waals surface area contributed by atoms with Crippen molar-refractivity contribution in [3.05, 3.63) is 29.8 Å². The minimum Gasteiger partial charge on any atom is -0.452 e. The van der Waals surface area contributed by atoms with Gasteiger partial charge in [0.2, 0.25) is 0 Å². The third-order valence-corrected chi connectivity index (χ3v) is 5.60. The van der Waals surface area contributed by atoms with Crippen molar-refractivity contribution in [1.29, 1.82) is 5.26 Å². The number of esters is 1. The number of carbonyl (C=O) groups is 2. The molecule has 0 spiro atoms. The van der Waals surface area contributed by atoms with Crippen molar-refractivity contribution in [2.75, 3.05) is 11.4 Å². The van der Waals surface area contributed by atoms with Gasteiger partial charge in [-0.25, -0.2) is 0 Å². The van der Waals surface area contributed by atoms with E-state index in [0.717, 1.165) is 5.69 Å². The highest BCUT2D eigenvalue weighted by Gasteiger charge is 2.43. The smallest absolute Gasteiger partial charge is 0.306 e. The number of nitrogens with zero attached hydrogens (tertiary/aromatic N) is 2. The van der Waals surface area contributed by atoms with Gasteiger partial charge in [0.1, 0.15) is 0 Å². The highest BCUT2D eigenvalue weighted by Crippen LogP contribution is 2.50. The number of nitriles is 1. The van der Waals surface area contributed by atoms with E-state index in [2.05, 4.69) is 6.07 Å². The lowest BCUT2D eigenvalue weighted by atomic mass is 9.94. The third kappa shape index (κ3) is 3.53. The van der Waals surface area contributed by atoms with Crippen molar-refractivity contribution < 1.29 is 14.3 Å². The maximum Gasteiger partial charge on any atom is 0.306 e. The molecular weight excluding hydrogens is 316 g/mol. The van der Waals surface area contributed by atoms with Gasteiger partial charge in [0.25, 0.3) is 5.91 Å². The minimum atomic E-state index is -0.665. The Morgan fingerprint density at radius 1 is 1.16 bits per heavy atom. The van der Waals surface area contributed by atoms with E-state index < -0.39 is 6.10 Å². The molecule has 5 heteroatoms. The first-order valence-corrected chi connectivity index (χ1v) is 9.16. The molecule has 0 bridgehead atoms. The van der Waals surface area contributed by atoms with E-state index in [1.165, 1.54) is 25.7 Å². The van der Waals surface area contributed by atoms with Gasteiger partial charge in [-0.05, 0) is 67.7 Å². The van der Waals surface area contributed by atoms with E-state index in [9.17, 15) is 9.59 Å². The van der Waals surface area contributed by atoms with E-state index in [0.29, 0.717) is 42.7 Å². The van der Waals surface area contributed by atoms with Crippen LogP contribution in [0, 0.1) is 29.1 Å². The lowest BCUT2D eigenvalue weighted by molar-refractivity contribution is -0.154. The fourth-order valence-electron chi connectivity index (χ4n) is 3.90. The van der Waals surface area contributed by atoms with Crippen LogP contribution in [0.2, 0.25) is 0 Å². The number of benzene rings is 1. The molecule has 2 aliphatic carbocycles. The molecular formula is C20H22N2O3. The van der Waals surface area contributed by atoms with Gasteiger partial charge in [-0.2, -0.15) is 5.26 Å². The minimum absolute atomic E-state index is 0.160. The topological polar surface area (TPSA) is 70.4 Å². The molecule has 1 amide bonds. The number of rotatable bonds is 6. The van der Waals surface area contributed by atoms with Crippen LogP contribution in [0.1, 0.15) is 44.1 Å². The van der Waals surface area contributed by atoms with Crippen LogP contribution in [0.25, 0.3) is 0 Å². The van der Waals surface area contributed by atoms with E-state index in [1.807, 2.05) is 0 Å². The first-order chi connectivity index (χ1) is 12.2. The maximum atomic E-state index is 12.6. The van der Waals surface area contributed by atoms with Gasteiger partial charge in [0, 0.05) is 25.1 Å². The average Bonchev–Trinajstić information content (AvgIpc) is 3.54. The predicted octanol–water partition coefficient (Wildman–Crippen LogP) is 3.03.